The van der Waals surface area contributed by atoms with E-state index in [4.69, 9.17) is 31.0 Å². The van der Waals surface area contributed by atoms with Gasteiger partial charge in [0.2, 0.25) is 10.0 Å². The van der Waals surface area contributed by atoms with Crippen LogP contribution in [0.4, 0.5) is 5.69 Å². The predicted molar refractivity (Wildman–Crippen MR) is 184 cm³/mol. The smallest absolute Gasteiger partial charge is 0.335 e. The number of primary sulfonamides is 1. The molecule has 1 saturated carbocycles. The third-order valence-corrected chi connectivity index (χ3v) is 12.6. The number of nitrogens with zero attached hydrogens (tertiary/aromatic N) is 1. The molecule has 2 aliphatic heterocycles. The molecule has 48 heavy (non-hydrogen) atoms. The molecule has 12 heteroatoms. The van der Waals surface area contributed by atoms with Gasteiger partial charge in [0, 0.05) is 37.2 Å². The van der Waals surface area contributed by atoms with E-state index >= 15 is 0 Å². The van der Waals surface area contributed by atoms with E-state index in [0.717, 1.165) is 50.6 Å². The number of hydrogen-bond donors (Lipinski definition) is 3. The molecule has 0 aromatic heterocycles. The molecule has 2 fully saturated rings. The van der Waals surface area contributed by atoms with Crippen LogP contribution >= 0.6 is 11.6 Å². The van der Waals surface area contributed by atoms with E-state index in [0.29, 0.717) is 43.5 Å². The minimum absolute atomic E-state index is 0.00755. The van der Waals surface area contributed by atoms with Gasteiger partial charge in [-0.15, -0.1) is 0 Å². The lowest BCUT2D eigenvalue weighted by molar-refractivity contribution is 0.0447. The molecule has 4 N–H and O–H groups in total. The second-order valence-electron chi connectivity index (χ2n) is 14.0. The van der Waals surface area contributed by atoms with Crippen molar-refractivity contribution in [3.8, 4) is 5.75 Å². The van der Waals surface area contributed by atoms with Crippen LogP contribution in [0.5, 0.6) is 5.75 Å². The van der Waals surface area contributed by atoms with Crippen LogP contribution in [-0.2, 0) is 31.3 Å². The number of rotatable bonds is 12. The van der Waals surface area contributed by atoms with Gasteiger partial charge in [-0.3, -0.25) is 0 Å². The Balaban J connectivity index is 1.19. The number of carbonyl (C=O) groups is 1. The van der Waals surface area contributed by atoms with Crippen LogP contribution in [0.3, 0.4) is 0 Å². The first-order valence-electron chi connectivity index (χ1n) is 17.0. The van der Waals surface area contributed by atoms with Crippen LogP contribution in [0.1, 0.15) is 72.9 Å². The third-order valence-electron chi connectivity index (χ3n) is 11.0. The van der Waals surface area contributed by atoms with Crippen LogP contribution in [0.2, 0.25) is 5.02 Å². The first-order chi connectivity index (χ1) is 23.0. The minimum Gasteiger partial charge on any atom is -0.490 e. The van der Waals surface area contributed by atoms with Gasteiger partial charge in [0.15, 0.2) is 0 Å². The summed E-state index contributed by atoms with van der Waals surface area (Å²) >= 11 is 6.39. The van der Waals surface area contributed by atoms with Gasteiger partial charge in [0.1, 0.15) is 11.0 Å². The second-order valence-corrected chi connectivity index (χ2v) is 16.2. The lowest BCUT2D eigenvalue weighted by Crippen LogP contribution is -2.49. The number of sulfonamides is 1. The highest BCUT2D eigenvalue weighted by molar-refractivity contribution is 7.89. The van der Waals surface area contributed by atoms with Crippen molar-refractivity contribution in [2.75, 3.05) is 38.3 Å². The van der Waals surface area contributed by atoms with Crippen LogP contribution in [0.15, 0.2) is 48.6 Å². The van der Waals surface area contributed by atoms with Gasteiger partial charge in [-0.2, -0.15) is 0 Å². The molecule has 2 aliphatic carbocycles. The Labute approximate surface area is 288 Å². The zero-order valence-electron chi connectivity index (χ0n) is 27.4. The quantitative estimate of drug-likeness (QED) is 0.257. The Bertz CT molecular complexity index is 1610. The van der Waals surface area contributed by atoms with E-state index in [1.54, 1.807) is 30.4 Å². The highest BCUT2D eigenvalue weighted by Crippen LogP contribution is 2.46. The molecular formula is C36H47ClN2O8S. The number of aliphatic hydroxyl groups is 1. The van der Waals surface area contributed by atoms with Gasteiger partial charge in [0.25, 0.3) is 0 Å². The molecule has 6 rings (SSSR count). The van der Waals surface area contributed by atoms with E-state index < -0.39 is 33.5 Å². The molecule has 262 valence electrons. The number of nitrogens with two attached hydrogens (primary N) is 1. The van der Waals surface area contributed by atoms with Gasteiger partial charge < -0.3 is 29.3 Å². The Hall–Kier alpha value is -2.67. The van der Waals surface area contributed by atoms with Crippen molar-refractivity contribution in [1.29, 1.82) is 0 Å². The number of carboxylic acids is 1. The lowest BCUT2D eigenvalue weighted by Gasteiger charge is -2.45. The Morgan fingerprint density at radius 3 is 2.73 bits per heavy atom. The van der Waals surface area contributed by atoms with Gasteiger partial charge >= 0.3 is 5.97 Å². The number of carboxylic acid groups (broad SMARTS) is 1. The van der Waals surface area contributed by atoms with Crippen molar-refractivity contribution < 1.29 is 37.6 Å². The molecule has 0 radical (unpaired) electrons. The van der Waals surface area contributed by atoms with E-state index in [9.17, 15) is 23.4 Å². The number of ether oxygens (including phenoxy) is 3. The molecule has 0 bridgehead atoms. The number of methoxy groups -OCH3 is 1. The summed E-state index contributed by atoms with van der Waals surface area (Å²) in [5.74, 6) is -0.185. The predicted octanol–water partition coefficient (Wildman–Crippen LogP) is 5.09. The van der Waals surface area contributed by atoms with E-state index in [2.05, 4.69) is 17.0 Å². The molecule has 4 aliphatic rings. The van der Waals surface area contributed by atoms with E-state index in [-0.39, 0.29) is 35.3 Å². The topological polar surface area (TPSA) is 149 Å². The first kappa shape index (κ1) is 35.2. The summed E-state index contributed by atoms with van der Waals surface area (Å²) in [4.78, 5) is 14.3. The van der Waals surface area contributed by atoms with Crippen LogP contribution < -0.4 is 14.8 Å². The molecule has 1 saturated heterocycles. The maximum Gasteiger partial charge on any atom is 0.335 e. The summed E-state index contributed by atoms with van der Waals surface area (Å²) in [6, 6.07) is 11.1. The molecule has 2 heterocycles. The summed E-state index contributed by atoms with van der Waals surface area (Å²) < 4.78 is 42.7. The number of halogens is 1. The Morgan fingerprint density at radius 2 is 2.04 bits per heavy atom. The first-order valence-corrected chi connectivity index (χ1v) is 19.0. The molecule has 2 aromatic rings. The Kier molecular flexibility index (Phi) is 10.7. The number of aliphatic hydroxyl groups excluding tert-OH is 1. The minimum atomic E-state index is -3.88. The number of aromatic carboxylic acids is 1. The normalized spacial score (nSPS) is 27.4. The van der Waals surface area contributed by atoms with Crippen LogP contribution in [0.25, 0.3) is 0 Å². The van der Waals surface area contributed by atoms with Crippen molar-refractivity contribution in [2.24, 2.45) is 17.0 Å². The van der Waals surface area contributed by atoms with Gasteiger partial charge in [-0.05, 0) is 111 Å². The van der Waals surface area contributed by atoms with Crippen molar-refractivity contribution in [3.63, 3.8) is 0 Å². The maximum absolute atomic E-state index is 12.5. The SMILES string of the molecule is CO[C@H](C/C=C/[C@H](O)[C@@H]1CC[C@H]1CN1C[C@@]2(CCCc3cc(Cl)ccc32)COc2ccc(C(=O)O)cc21)[C@@H](CC1CCCO1)S(N)(=O)=O. The van der Waals surface area contributed by atoms with Crippen LogP contribution in [0, 0.1) is 11.8 Å². The third kappa shape index (κ3) is 7.56. The Morgan fingerprint density at radius 1 is 1.21 bits per heavy atom. The van der Waals surface area contributed by atoms with Crippen molar-refractivity contribution >= 4 is 33.3 Å². The highest BCUT2D eigenvalue weighted by atomic mass is 35.5. The number of aryl methyl sites for hydroxylation is 1. The molecule has 2 aromatic carbocycles. The summed E-state index contributed by atoms with van der Waals surface area (Å²) in [5, 5.41) is 26.6. The summed E-state index contributed by atoms with van der Waals surface area (Å²) in [7, 11) is -2.40. The van der Waals surface area contributed by atoms with Gasteiger partial charge in [-0.25, -0.2) is 18.4 Å². The molecular weight excluding hydrogens is 656 g/mol. The van der Waals surface area contributed by atoms with Gasteiger partial charge in [-0.1, -0.05) is 29.8 Å². The average Bonchev–Trinajstić information content (AvgIpc) is 3.50. The largest absolute Gasteiger partial charge is 0.490 e. The van der Waals surface area contributed by atoms with Crippen LogP contribution in [-0.4, -0.2) is 81.6 Å². The standard InChI is InChI=1S/C36H47ClN2O8S/c1-45-33(34(48(38,43)44)19-27-6-4-16-46-27)8-2-7-31(40)28-12-9-25(28)20-39-21-36(15-3-5-23-17-26(37)11-13-29(23)36)22-47-32-14-10-24(35(41)42)18-30(32)39/h2,7,10-11,13-14,17-18,25,27-28,31,33-34,40H,3-6,8-9,12,15-16,19-22H2,1H3,(H,41,42)(H2,38,43,44)/b7-2+/t25-,27?,28+,31-,33+,34+,36-/m0/s1. The van der Waals surface area contributed by atoms with Crippen molar-refractivity contribution in [3.05, 3.63) is 70.3 Å². The maximum atomic E-state index is 12.5. The number of benzene rings is 2. The fraction of sp³-hybridized carbons (Fsp3) is 0.583. The highest BCUT2D eigenvalue weighted by Gasteiger charge is 2.44. The summed E-state index contributed by atoms with van der Waals surface area (Å²) in [5.41, 5.74) is 3.12. The number of fused-ring (bicyclic) bond motifs is 3. The van der Waals surface area contributed by atoms with E-state index in [1.807, 2.05) is 6.07 Å². The monoisotopic (exact) mass is 702 g/mol. The fourth-order valence-electron chi connectivity index (χ4n) is 8.28. The van der Waals surface area contributed by atoms with E-state index in [1.165, 1.54) is 18.2 Å². The molecule has 1 spiro atoms. The molecule has 0 amide bonds. The van der Waals surface area contributed by atoms with Crippen molar-refractivity contribution in [1.82, 2.24) is 0 Å². The fourth-order valence-corrected chi connectivity index (χ4v) is 9.61. The second kappa shape index (κ2) is 14.7. The molecule has 7 atom stereocenters. The zero-order valence-corrected chi connectivity index (χ0v) is 29.0. The summed E-state index contributed by atoms with van der Waals surface area (Å²) in [6.45, 7) is 2.38. The number of anilines is 1. The number of hydrogen-bond acceptors (Lipinski definition) is 8. The van der Waals surface area contributed by atoms with Gasteiger partial charge in [0.05, 0.1) is 36.2 Å². The summed E-state index contributed by atoms with van der Waals surface area (Å²) in [6.07, 6.45) is 8.93. The zero-order chi connectivity index (χ0) is 34.1. The molecule has 1 unspecified atom stereocenters. The average molecular weight is 703 g/mol. The molecule has 10 nitrogen and oxygen atoms in total. The van der Waals surface area contributed by atoms with Crippen molar-refractivity contribution in [2.45, 2.75) is 86.8 Å². The lowest BCUT2D eigenvalue weighted by atomic mass is 9.68.